The van der Waals surface area contributed by atoms with Crippen LogP contribution < -0.4 is 10.6 Å². The average Bonchev–Trinajstić information content (AvgIpc) is 3.16. The molecular formula is C24H19ClN4O4S. The number of amides is 2. The van der Waals surface area contributed by atoms with Gasteiger partial charge in [0.25, 0.3) is 5.91 Å². The van der Waals surface area contributed by atoms with E-state index in [9.17, 15) is 14.4 Å². The van der Waals surface area contributed by atoms with E-state index >= 15 is 0 Å². The number of carboxylic acid groups (broad SMARTS) is 1. The molecule has 0 spiro atoms. The molecule has 2 amide bonds. The first-order valence-corrected chi connectivity index (χ1v) is 11.5. The SMILES string of the molecule is O=C(O)CCC(=O)NCc1ccc(Cl)c(NC2=NC(=O)C(=Cc3ccc4ncccc4c3)S2)c1. The second-order valence-corrected chi connectivity index (χ2v) is 8.84. The van der Waals surface area contributed by atoms with E-state index in [1.54, 1.807) is 30.5 Å². The highest BCUT2D eigenvalue weighted by Gasteiger charge is 2.22. The second-order valence-electron chi connectivity index (χ2n) is 7.40. The van der Waals surface area contributed by atoms with Gasteiger partial charge in [0.2, 0.25) is 5.91 Å². The minimum Gasteiger partial charge on any atom is -0.481 e. The van der Waals surface area contributed by atoms with Gasteiger partial charge < -0.3 is 15.7 Å². The van der Waals surface area contributed by atoms with Crippen molar-refractivity contribution in [3.05, 3.63) is 75.8 Å². The predicted octanol–water partition coefficient (Wildman–Crippen LogP) is 4.45. The van der Waals surface area contributed by atoms with Crippen molar-refractivity contribution in [2.24, 2.45) is 4.99 Å². The highest BCUT2D eigenvalue weighted by Crippen LogP contribution is 2.32. The molecule has 0 bridgehead atoms. The number of aliphatic imine (C=N–C) groups is 1. The number of rotatable bonds is 7. The van der Waals surface area contributed by atoms with E-state index in [1.807, 2.05) is 30.3 Å². The molecule has 0 saturated carbocycles. The minimum absolute atomic E-state index is 0.0909. The van der Waals surface area contributed by atoms with Gasteiger partial charge in [0, 0.05) is 24.5 Å². The molecule has 3 N–H and O–H groups in total. The van der Waals surface area contributed by atoms with E-state index in [0.29, 0.717) is 20.8 Å². The third-order valence-electron chi connectivity index (χ3n) is 4.87. The smallest absolute Gasteiger partial charge is 0.303 e. The standard InChI is InChI=1S/C24H19ClN4O4S/c25-17-5-3-15(13-27-21(30)7-8-22(31)32)11-19(17)28-24-29-23(33)20(34-24)12-14-4-6-18-16(10-14)2-1-9-26-18/h1-6,9-12H,7-8,13H2,(H,27,30)(H,31,32)(H,28,29,33). The summed E-state index contributed by atoms with van der Waals surface area (Å²) in [6.45, 7) is 0.213. The molecule has 0 aliphatic carbocycles. The summed E-state index contributed by atoms with van der Waals surface area (Å²) in [5.41, 5.74) is 3.04. The number of carboxylic acids is 1. The lowest BCUT2D eigenvalue weighted by molar-refractivity contribution is -0.138. The first-order valence-electron chi connectivity index (χ1n) is 10.3. The van der Waals surface area contributed by atoms with Crippen molar-refractivity contribution < 1.29 is 19.5 Å². The fourth-order valence-electron chi connectivity index (χ4n) is 3.20. The van der Waals surface area contributed by atoms with Gasteiger partial charge in [-0.15, -0.1) is 0 Å². The maximum Gasteiger partial charge on any atom is 0.303 e. The summed E-state index contributed by atoms with van der Waals surface area (Å²) in [6, 6.07) is 14.7. The van der Waals surface area contributed by atoms with Gasteiger partial charge >= 0.3 is 5.97 Å². The zero-order chi connectivity index (χ0) is 24.1. The van der Waals surface area contributed by atoms with Crippen molar-refractivity contribution in [3.8, 4) is 0 Å². The maximum atomic E-state index is 12.4. The largest absolute Gasteiger partial charge is 0.481 e. The van der Waals surface area contributed by atoms with Crippen LogP contribution in [0.2, 0.25) is 5.02 Å². The monoisotopic (exact) mass is 494 g/mol. The number of benzene rings is 2. The van der Waals surface area contributed by atoms with Crippen LogP contribution in [0.1, 0.15) is 24.0 Å². The number of pyridine rings is 1. The van der Waals surface area contributed by atoms with Crippen molar-refractivity contribution in [1.82, 2.24) is 10.3 Å². The molecule has 8 nitrogen and oxygen atoms in total. The molecule has 1 aliphatic heterocycles. The molecule has 0 fully saturated rings. The Hall–Kier alpha value is -3.69. The lowest BCUT2D eigenvalue weighted by Gasteiger charge is -2.10. The van der Waals surface area contributed by atoms with E-state index in [1.165, 1.54) is 11.8 Å². The summed E-state index contributed by atoms with van der Waals surface area (Å²) < 4.78 is 0. The molecular weight excluding hydrogens is 476 g/mol. The lowest BCUT2D eigenvalue weighted by Crippen LogP contribution is -2.23. The summed E-state index contributed by atoms with van der Waals surface area (Å²) in [5.74, 6) is -1.73. The minimum atomic E-state index is -1.02. The van der Waals surface area contributed by atoms with Crippen LogP contribution in [0.4, 0.5) is 5.69 Å². The van der Waals surface area contributed by atoms with Crippen LogP contribution in [0.15, 0.2) is 64.6 Å². The van der Waals surface area contributed by atoms with Gasteiger partial charge in [-0.25, -0.2) is 0 Å². The highest BCUT2D eigenvalue weighted by molar-refractivity contribution is 8.18. The fraction of sp³-hybridized carbons (Fsp3) is 0.125. The molecule has 0 atom stereocenters. The van der Waals surface area contributed by atoms with Crippen molar-refractivity contribution in [3.63, 3.8) is 0 Å². The summed E-state index contributed by atoms with van der Waals surface area (Å²) in [7, 11) is 0. The second kappa shape index (κ2) is 10.5. The van der Waals surface area contributed by atoms with Crippen molar-refractivity contribution in [2.75, 3.05) is 5.32 Å². The number of thioether (sulfide) groups is 1. The number of nitrogens with one attached hydrogen (secondary N) is 2. The number of carbonyl (C=O) groups is 3. The van der Waals surface area contributed by atoms with Crippen LogP contribution in [0.3, 0.4) is 0 Å². The molecule has 3 aromatic rings. The summed E-state index contributed by atoms with van der Waals surface area (Å²) >= 11 is 7.50. The molecule has 0 saturated heterocycles. The van der Waals surface area contributed by atoms with Crippen LogP contribution in [0.5, 0.6) is 0 Å². The number of aliphatic carboxylic acids is 1. The number of aromatic nitrogens is 1. The van der Waals surface area contributed by atoms with E-state index in [0.717, 1.165) is 22.0 Å². The average molecular weight is 495 g/mol. The number of hydrogen-bond acceptors (Lipinski definition) is 6. The van der Waals surface area contributed by atoms with Gasteiger partial charge in [0.1, 0.15) is 0 Å². The maximum absolute atomic E-state index is 12.4. The first kappa shape index (κ1) is 23.5. The molecule has 1 aliphatic rings. The zero-order valence-electron chi connectivity index (χ0n) is 17.7. The van der Waals surface area contributed by atoms with Crippen LogP contribution in [0.25, 0.3) is 17.0 Å². The van der Waals surface area contributed by atoms with E-state index in [2.05, 4.69) is 20.6 Å². The molecule has 2 aromatic carbocycles. The lowest BCUT2D eigenvalue weighted by atomic mass is 10.1. The van der Waals surface area contributed by atoms with Gasteiger partial charge in [0.15, 0.2) is 5.17 Å². The molecule has 0 unspecified atom stereocenters. The quantitative estimate of drug-likeness (QED) is 0.415. The van der Waals surface area contributed by atoms with Gasteiger partial charge in [-0.05, 0) is 59.3 Å². The number of anilines is 1. The fourth-order valence-corrected chi connectivity index (χ4v) is 4.19. The van der Waals surface area contributed by atoms with Gasteiger partial charge in [-0.2, -0.15) is 4.99 Å². The number of nitrogens with zero attached hydrogens (tertiary/aromatic N) is 2. The number of hydrogen-bond donors (Lipinski definition) is 3. The molecule has 4 rings (SSSR count). The molecule has 0 radical (unpaired) electrons. The topological polar surface area (TPSA) is 121 Å². The predicted molar refractivity (Wildman–Crippen MR) is 134 cm³/mol. The normalized spacial score (nSPS) is 14.3. The van der Waals surface area contributed by atoms with Gasteiger partial charge in [0.05, 0.1) is 27.6 Å². The van der Waals surface area contributed by atoms with E-state index in [-0.39, 0.29) is 31.2 Å². The Kier molecular flexibility index (Phi) is 7.24. The van der Waals surface area contributed by atoms with E-state index < -0.39 is 5.97 Å². The summed E-state index contributed by atoms with van der Waals surface area (Å²) in [5, 5.41) is 16.2. The molecule has 172 valence electrons. The number of carbonyl (C=O) groups excluding carboxylic acids is 2. The van der Waals surface area contributed by atoms with Crippen LogP contribution >= 0.6 is 23.4 Å². The zero-order valence-corrected chi connectivity index (χ0v) is 19.3. The van der Waals surface area contributed by atoms with Crippen LogP contribution in [-0.4, -0.2) is 33.0 Å². The van der Waals surface area contributed by atoms with Crippen molar-refractivity contribution in [2.45, 2.75) is 19.4 Å². The third kappa shape index (κ3) is 6.00. The molecule has 2 heterocycles. The summed E-state index contributed by atoms with van der Waals surface area (Å²) in [6.07, 6.45) is 3.20. The number of halogens is 1. The molecule has 34 heavy (non-hydrogen) atoms. The molecule has 10 heteroatoms. The van der Waals surface area contributed by atoms with E-state index in [4.69, 9.17) is 16.7 Å². The van der Waals surface area contributed by atoms with Crippen LogP contribution in [-0.2, 0) is 20.9 Å². The van der Waals surface area contributed by atoms with Gasteiger partial charge in [-0.1, -0.05) is 29.8 Å². The Balaban J connectivity index is 1.41. The Morgan fingerprint density at radius 3 is 2.79 bits per heavy atom. The molecule has 1 aromatic heterocycles. The Morgan fingerprint density at radius 1 is 1.12 bits per heavy atom. The third-order valence-corrected chi connectivity index (χ3v) is 6.10. The van der Waals surface area contributed by atoms with Crippen molar-refractivity contribution >= 4 is 69.0 Å². The van der Waals surface area contributed by atoms with Crippen LogP contribution in [0, 0.1) is 0 Å². The number of fused-ring (bicyclic) bond motifs is 1. The highest BCUT2D eigenvalue weighted by atomic mass is 35.5. The van der Waals surface area contributed by atoms with Crippen molar-refractivity contribution in [1.29, 1.82) is 0 Å². The Morgan fingerprint density at radius 2 is 1.97 bits per heavy atom. The summed E-state index contributed by atoms with van der Waals surface area (Å²) in [4.78, 5) is 43.6. The Bertz CT molecular complexity index is 1360. The number of amidine groups is 1. The Labute approximate surface area is 204 Å². The first-order chi connectivity index (χ1) is 16.4. The van der Waals surface area contributed by atoms with Gasteiger partial charge in [-0.3, -0.25) is 19.4 Å².